The quantitative estimate of drug-likeness (QED) is 0.645. The van der Waals surface area contributed by atoms with Crippen LogP contribution in [0.15, 0.2) is 77.7 Å². The van der Waals surface area contributed by atoms with Crippen molar-refractivity contribution in [2.45, 2.75) is 25.3 Å². The molecule has 0 aromatic heterocycles. The van der Waals surface area contributed by atoms with Gasteiger partial charge in [0.05, 0.1) is 17.1 Å². The normalized spacial score (nSPS) is 11.3. The lowest BCUT2D eigenvalue weighted by atomic mass is 10.1. The Labute approximate surface area is 153 Å². The number of halogens is 1. The molecule has 3 rings (SSSR count). The lowest BCUT2D eigenvalue weighted by Gasteiger charge is -2.25. The molecule has 0 heterocycles. The lowest BCUT2D eigenvalue weighted by molar-refractivity contribution is 0.589. The summed E-state index contributed by atoms with van der Waals surface area (Å²) >= 11 is 0. The van der Waals surface area contributed by atoms with E-state index in [9.17, 15) is 12.8 Å². The summed E-state index contributed by atoms with van der Waals surface area (Å²) in [5.74, 6) is -0.476. The number of sulfonamides is 1. The topological polar surface area (TPSA) is 37.4 Å². The summed E-state index contributed by atoms with van der Waals surface area (Å²) < 4.78 is 41.6. The van der Waals surface area contributed by atoms with Gasteiger partial charge in [-0.05, 0) is 55.3 Å². The van der Waals surface area contributed by atoms with Crippen LogP contribution in [0.25, 0.3) is 0 Å². The maximum Gasteiger partial charge on any atom is 0.264 e. The van der Waals surface area contributed by atoms with Crippen LogP contribution >= 0.6 is 0 Å². The molecule has 3 aromatic carbocycles. The van der Waals surface area contributed by atoms with Crippen molar-refractivity contribution in [3.05, 3.63) is 95.3 Å². The molecule has 0 saturated carbocycles. The van der Waals surface area contributed by atoms with Crippen LogP contribution < -0.4 is 4.31 Å². The van der Waals surface area contributed by atoms with Gasteiger partial charge in [-0.15, -0.1) is 0 Å². The summed E-state index contributed by atoms with van der Waals surface area (Å²) in [7, 11) is -3.84. The summed E-state index contributed by atoms with van der Waals surface area (Å²) in [4.78, 5) is 0.189. The molecule has 0 saturated heterocycles. The SMILES string of the molecule is Cc1cccc(CN(c2cccc(F)c2)S(=O)(=O)c2cccc(C)c2)c1. The predicted molar refractivity (Wildman–Crippen MR) is 102 cm³/mol. The second-order valence-corrected chi connectivity index (χ2v) is 8.16. The molecule has 0 amide bonds. The van der Waals surface area contributed by atoms with E-state index in [2.05, 4.69) is 0 Å². The molecule has 0 aliphatic rings. The first-order valence-corrected chi connectivity index (χ1v) is 9.71. The molecule has 0 aliphatic heterocycles. The molecule has 0 atom stereocenters. The molecule has 0 bridgehead atoms. The fourth-order valence-electron chi connectivity index (χ4n) is 2.83. The number of rotatable bonds is 5. The number of hydrogen-bond donors (Lipinski definition) is 0. The first-order valence-electron chi connectivity index (χ1n) is 8.27. The minimum Gasteiger partial charge on any atom is -0.262 e. The Bertz CT molecular complexity index is 1030. The molecule has 5 heteroatoms. The lowest BCUT2D eigenvalue weighted by Crippen LogP contribution is -2.30. The van der Waals surface area contributed by atoms with Gasteiger partial charge in [0.2, 0.25) is 0 Å². The molecule has 3 nitrogen and oxygen atoms in total. The predicted octanol–water partition coefficient (Wildman–Crippen LogP) is 4.84. The summed E-state index contributed by atoms with van der Waals surface area (Å²) in [5.41, 5.74) is 3.02. The maximum absolute atomic E-state index is 13.8. The van der Waals surface area contributed by atoms with E-state index in [1.807, 2.05) is 44.2 Å². The highest BCUT2D eigenvalue weighted by Crippen LogP contribution is 2.27. The molecule has 3 aromatic rings. The largest absolute Gasteiger partial charge is 0.264 e. The zero-order chi connectivity index (χ0) is 18.7. The molecule has 26 heavy (non-hydrogen) atoms. The van der Waals surface area contributed by atoms with Crippen LogP contribution in [-0.4, -0.2) is 8.42 Å². The zero-order valence-electron chi connectivity index (χ0n) is 14.7. The van der Waals surface area contributed by atoms with Crippen LogP contribution in [0.2, 0.25) is 0 Å². The van der Waals surface area contributed by atoms with E-state index in [4.69, 9.17) is 0 Å². The first kappa shape index (κ1) is 18.1. The molecule has 134 valence electrons. The highest BCUT2D eigenvalue weighted by Gasteiger charge is 2.25. The summed E-state index contributed by atoms with van der Waals surface area (Å²) in [6, 6.07) is 20.0. The van der Waals surface area contributed by atoms with Crippen LogP contribution in [0.5, 0.6) is 0 Å². The number of aryl methyl sites for hydroxylation is 2. The van der Waals surface area contributed by atoms with Crippen molar-refractivity contribution in [1.29, 1.82) is 0 Å². The van der Waals surface area contributed by atoms with Crippen molar-refractivity contribution in [3.8, 4) is 0 Å². The highest BCUT2D eigenvalue weighted by atomic mass is 32.2. The smallest absolute Gasteiger partial charge is 0.262 e. The maximum atomic E-state index is 13.8. The monoisotopic (exact) mass is 369 g/mol. The number of hydrogen-bond acceptors (Lipinski definition) is 2. The van der Waals surface area contributed by atoms with E-state index in [0.29, 0.717) is 5.69 Å². The van der Waals surface area contributed by atoms with E-state index in [1.165, 1.54) is 22.5 Å². The third-order valence-corrected chi connectivity index (χ3v) is 5.85. The van der Waals surface area contributed by atoms with E-state index >= 15 is 0 Å². The Balaban J connectivity index is 2.11. The fourth-order valence-corrected chi connectivity index (χ4v) is 4.38. The van der Waals surface area contributed by atoms with Gasteiger partial charge in [-0.1, -0.05) is 48.0 Å². The minimum absolute atomic E-state index is 0.126. The van der Waals surface area contributed by atoms with Crippen molar-refractivity contribution in [2.24, 2.45) is 0 Å². The molecular weight excluding hydrogens is 349 g/mol. The molecular formula is C21H20FNO2S. The Morgan fingerprint density at radius 2 is 1.50 bits per heavy atom. The van der Waals surface area contributed by atoms with Gasteiger partial charge >= 0.3 is 0 Å². The standard InChI is InChI=1S/C21H20FNO2S/c1-16-6-3-8-18(12-16)15-23(20-10-5-9-19(22)14-20)26(24,25)21-11-4-7-17(2)13-21/h3-14H,15H2,1-2H3. The zero-order valence-corrected chi connectivity index (χ0v) is 15.5. The molecule has 0 unspecified atom stereocenters. The van der Waals surface area contributed by atoms with E-state index in [1.54, 1.807) is 24.3 Å². The summed E-state index contributed by atoms with van der Waals surface area (Å²) in [6.07, 6.45) is 0. The van der Waals surface area contributed by atoms with Gasteiger partial charge in [0.25, 0.3) is 10.0 Å². The Morgan fingerprint density at radius 1 is 0.846 bits per heavy atom. The van der Waals surface area contributed by atoms with Crippen LogP contribution in [0.1, 0.15) is 16.7 Å². The van der Waals surface area contributed by atoms with Gasteiger partial charge in [0, 0.05) is 0 Å². The molecule has 0 fully saturated rings. The van der Waals surface area contributed by atoms with Crippen LogP contribution in [0.4, 0.5) is 10.1 Å². The Kier molecular flexibility index (Phi) is 5.09. The summed E-state index contributed by atoms with van der Waals surface area (Å²) in [5, 5.41) is 0. The molecule has 0 aliphatic carbocycles. The van der Waals surface area contributed by atoms with E-state index in [-0.39, 0.29) is 11.4 Å². The van der Waals surface area contributed by atoms with Crippen LogP contribution in [0, 0.1) is 19.7 Å². The van der Waals surface area contributed by atoms with Gasteiger partial charge in [-0.2, -0.15) is 0 Å². The minimum atomic E-state index is -3.84. The van der Waals surface area contributed by atoms with Crippen molar-refractivity contribution in [1.82, 2.24) is 0 Å². The van der Waals surface area contributed by atoms with Crippen molar-refractivity contribution in [2.75, 3.05) is 4.31 Å². The van der Waals surface area contributed by atoms with E-state index in [0.717, 1.165) is 16.7 Å². The molecule has 0 N–H and O–H groups in total. The van der Waals surface area contributed by atoms with Crippen molar-refractivity contribution < 1.29 is 12.8 Å². The second-order valence-electron chi connectivity index (χ2n) is 6.30. The molecule has 0 radical (unpaired) electrons. The Hall–Kier alpha value is -2.66. The van der Waals surface area contributed by atoms with Gasteiger partial charge in [0.15, 0.2) is 0 Å². The average Bonchev–Trinajstić information content (AvgIpc) is 2.59. The Morgan fingerprint density at radius 3 is 2.15 bits per heavy atom. The third-order valence-electron chi connectivity index (χ3n) is 4.08. The van der Waals surface area contributed by atoms with Crippen molar-refractivity contribution >= 4 is 15.7 Å². The third kappa shape index (κ3) is 3.94. The molecule has 0 spiro atoms. The number of anilines is 1. The first-order chi connectivity index (χ1) is 12.4. The highest BCUT2D eigenvalue weighted by molar-refractivity contribution is 7.92. The van der Waals surface area contributed by atoms with Crippen LogP contribution in [-0.2, 0) is 16.6 Å². The number of nitrogens with zero attached hydrogens (tertiary/aromatic N) is 1. The summed E-state index contributed by atoms with van der Waals surface area (Å²) in [6.45, 7) is 3.92. The van der Waals surface area contributed by atoms with Gasteiger partial charge in [0.1, 0.15) is 5.82 Å². The van der Waals surface area contributed by atoms with Gasteiger partial charge < -0.3 is 0 Å². The van der Waals surface area contributed by atoms with Crippen LogP contribution in [0.3, 0.4) is 0 Å². The second kappa shape index (κ2) is 7.30. The van der Waals surface area contributed by atoms with E-state index < -0.39 is 15.8 Å². The number of benzene rings is 3. The van der Waals surface area contributed by atoms with Gasteiger partial charge in [-0.3, -0.25) is 4.31 Å². The van der Waals surface area contributed by atoms with Gasteiger partial charge in [-0.25, -0.2) is 12.8 Å². The van der Waals surface area contributed by atoms with Crippen molar-refractivity contribution in [3.63, 3.8) is 0 Å². The average molecular weight is 369 g/mol. The fraction of sp³-hybridized carbons (Fsp3) is 0.143.